The zero-order chi connectivity index (χ0) is 19.3. The van der Waals surface area contributed by atoms with E-state index in [1.54, 1.807) is 17.1 Å². The zero-order valence-electron chi connectivity index (χ0n) is 14.3. The molecule has 0 fully saturated rings. The van der Waals surface area contributed by atoms with Crippen LogP contribution in [0.25, 0.3) is 16.9 Å². The largest absolute Gasteiger partial charge is 0.341 e. The van der Waals surface area contributed by atoms with Crippen LogP contribution in [0.15, 0.2) is 42.0 Å². The van der Waals surface area contributed by atoms with Crippen LogP contribution in [-0.4, -0.2) is 49.8 Å². The van der Waals surface area contributed by atoms with Crippen molar-refractivity contribution in [3.05, 3.63) is 42.6 Å². The summed E-state index contributed by atoms with van der Waals surface area (Å²) >= 11 is 1.16. The van der Waals surface area contributed by atoms with Crippen LogP contribution < -0.4 is 5.32 Å². The fourth-order valence-corrected chi connectivity index (χ4v) is 4.95. The lowest BCUT2D eigenvalue weighted by molar-refractivity contribution is -0.113. The average Bonchev–Trinajstić information content (AvgIpc) is 3.26. The van der Waals surface area contributed by atoms with E-state index in [-0.39, 0.29) is 38.1 Å². The van der Waals surface area contributed by atoms with Crippen LogP contribution in [0.4, 0.5) is 5.82 Å². The Hall–Kier alpha value is -2.85. The average molecular weight is 504 g/mol. The molecule has 0 aromatic carbocycles. The van der Waals surface area contributed by atoms with Gasteiger partial charge in [-0.25, -0.2) is 19.6 Å². The maximum atomic E-state index is 12.5. The molecule has 0 saturated heterocycles. The number of thioether (sulfide) groups is 1. The van der Waals surface area contributed by atoms with Crippen LogP contribution in [-0.2, 0) is 4.79 Å². The Bertz CT molecular complexity index is 1170. The number of anilines is 1. The van der Waals surface area contributed by atoms with Crippen molar-refractivity contribution in [2.75, 3.05) is 15.5 Å². The molecule has 2 N–H and O–H groups in total. The number of nitriles is 1. The minimum atomic E-state index is -0.221. The van der Waals surface area contributed by atoms with Gasteiger partial charge >= 0.3 is 0 Å². The Labute approximate surface area is 173 Å². The number of aromatic nitrogens is 6. The fourth-order valence-electron chi connectivity index (χ4n) is 2.43. The van der Waals surface area contributed by atoms with E-state index in [1.807, 2.05) is 18.2 Å². The van der Waals surface area contributed by atoms with Crippen LogP contribution in [0.5, 0.6) is 0 Å². The van der Waals surface area contributed by atoms with Gasteiger partial charge in [-0.15, -0.1) is 20.7 Å². The van der Waals surface area contributed by atoms with E-state index in [0.717, 1.165) is 10.1 Å². The molecule has 9 nitrogen and oxygen atoms in total. The minimum absolute atomic E-state index is 0.122. The van der Waals surface area contributed by atoms with Crippen LogP contribution >= 0.6 is 32.5 Å². The number of alkyl halides is 1. The first-order valence-corrected chi connectivity index (χ1v) is 11.9. The van der Waals surface area contributed by atoms with Crippen LogP contribution in [0.3, 0.4) is 0 Å². The molecular formula is C17H13IN8OS. The van der Waals surface area contributed by atoms with E-state index in [1.165, 1.54) is 18.1 Å². The molecule has 3 aromatic heterocycles. The number of halogens is 1. The summed E-state index contributed by atoms with van der Waals surface area (Å²) in [5, 5.41) is 17.0. The Kier molecular flexibility index (Phi) is 5.58. The van der Waals surface area contributed by atoms with Crippen molar-refractivity contribution in [3.8, 4) is 6.07 Å². The Morgan fingerprint density at radius 2 is 2.36 bits per heavy atom. The first-order chi connectivity index (χ1) is 13.7. The van der Waals surface area contributed by atoms with E-state index in [4.69, 9.17) is 0 Å². The van der Waals surface area contributed by atoms with Gasteiger partial charge in [0.15, 0.2) is 11.3 Å². The number of rotatable bonds is 5. The lowest BCUT2D eigenvalue weighted by Crippen LogP contribution is -2.17. The summed E-state index contributed by atoms with van der Waals surface area (Å²) in [4.78, 5) is 27.8. The second-order valence-electron chi connectivity index (χ2n) is 5.49. The number of carbonyl (C=O) groups excluding carboxylic acids is 1. The molecule has 0 unspecified atom stereocenters. The van der Waals surface area contributed by atoms with Crippen molar-refractivity contribution in [3.63, 3.8) is 0 Å². The zero-order valence-corrected chi connectivity index (χ0v) is 17.3. The molecular weight excluding hydrogens is 491 g/mol. The second kappa shape index (κ2) is 8.44. The number of imidazole rings is 1. The summed E-state index contributed by atoms with van der Waals surface area (Å²) in [5.41, 5.74) is 2.37. The lowest BCUT2D eigenvalue weighted by Gasteiger charge is -2.09. The summed E-state index contributed by atoms with van der Waals surface area (Å²) in [6.45, 7) is 0. The van der Waals surface area contributed by atoms with Gasteiger partial charge < -0.3 is 10.3 Å². The topological polar surface area (TPSA) is 125 Å². The van der Waals surface area contributed by atoms with Crippen LogP contribution in [0.1, 0.15) is 5.69 Å². The molecule has 0 atom stereocenters. The van der Waals surface area contributed by atoms with E-state index in [9.17, 15) is 10.1 Å². The third-order valence-electron chi connectivity index (χ3n) is 3.63. The quantitative estimate of drug-likeness (QED) is 0.237. The molecule has 3 aromatic rings. The van der Waals surface area contributed by atoms with Crippen molar-refractivity contribution in [2.24, 2.45) is 0 Å². The molecule has 4 rings (SSSR count). The molecule has 0 saturated carbocycles. The molecule has 1 aliphatic rings. The molecule has 1 amide bonds. The second-order valence-corrected chi connectivity index (χ2v) is 8.84. The molecule has 11 heteroatoms. The maximum Gasteiger partial charge on any atom is 0.235 e. The van der Waals surface area contributed by atoms with Crippen molar-refractivity contribution >= 4 is 65.1 Å². The van der Waals surface area contributed by atoms with E-state index in [0.29, 0.717) is 22.0 Å². The summed E-state index contributed by atoms with van der Waals surface area (Å²) < 4.78 is 4.78. The lowest BCUT2D eigenvalue weighted by atomic mass is 10.4. The molecule has 140 valence electrons. The van der Waals surface area contributed by atoms with Gasteiger partial charge in [0, 0.05) is 10.5 Å². The van der Waals surface area contributed by atoms with Crippen molar-refractivity contribution in [2.45, 2.75) is 5.03 Å². The molecule has 0 bridgehead atoms. The number of nitrogens with zero attached hydrogens (tertiary/aromatic N) is 6. The summed E-state index contributed by atoms with van der Waals surface area (Å²) in [7, 11) is 0. The Balaban J connectivity index is 1.51. The molecule has 0 spiro atoms. The number of nitrogens with one attached hydrogen (secondary N) is 2. The van der Waals surface area contributed by atoms with E-state index >= 15 is 0 Å². The van der Waals surface area contributed by atoms with Crippen LogP contribution in [0.2, 0.25) is 0 Å². The number of H-pyrrole nitrogens is 1. The fraction of sp³-hybridized carbons (Fsp3) is 0.118. The van der Waals surface area contributed by atoms with E-state index in [2.05, 4.69) is 40.4 Å². The van der Waals surface area contributed by atoms with Gasteiger partial charge in [0.1, 0.15) is 28.8 Å². The van der Waals surface area contributed by atoms with Gasteiger partial charge in [0.05, 0.1) is 17.8 Å². The maximum absolute atomic E-state index is 12.5. The monoisotopic (exact) mass is 504 g/mol. The highest BCUT2D eigenvalue weighted by Crippen LogP contribution is 2.23. The standard InChI is InChI=1S/C17H13IN8OS/c19-7-11-5-13(26(25-11)12-3-1-2-4-18-6-12)24-14(27)8-28-17-15-16(21-9-20-15)22-10-23-17/h1-3,5-6,9-10H,4,8H2,(H,24,27)(H,20,21,22,23). The summed E-state index contributed by atoms with van der Waals surface area (Å²) in [6.07, 6.45) is 8.97. The van der Waals surface area contributed by atoms with Crippen LogP contribution in [0, 0.1) is 11.3 Å². The van der Waals surface area contributed by atoms with Gasteiger partial charge in [-0.3, -0.25) is 4.79 Å². The normalized spacial score (nSPS) is 13.5. The van der Waals surface area contributed by atoms with E-state index < -0.39 is 0 Å². The highest BCUT2D eigenvalue weighted by Gasteiger charge is 2.15. The Morgan fingerprint density at radius 3 is 3.25 bits per heavy atom. The first-order valence-electron chi connectivity index (χ1n) is 8.09. The number of carbonyl (C=O) groups is 1. The third kappa shape index (κ3) is 4.02. The third-order valence-corrected chi connectivity index (χ3v) is 6.72. The molecule has 4 heterocycles. The highest BCUT2D eigenvalue weighted by atomic mass is 127. The molecule has 0 aliphatic carbocycles. The van der Waals surface area contributed by atoms with Gasteiger partial charge in [-0.1, -0.05) is 23.9 Å². The predicted molar refractivity (Wildman–Crippen MR) is 116 cm³/mol. The predicted octanol–water partition coefficient (Wildman–Crippen LogP) is 2.34. The molecule has 1 aliphatic heterocycles. The first kappa shape index (κ1) is 18.5. The van der Waals surface area contributed by atoms with Crippen molar-refractivity contribution < 1.29 is 4.79 Å². The van der Waals surface area contributed by atoms with Gasteiger partial charge in [0.2, 0.25) is 5.91 Å². The van der Waals surface area contributed by atoms with Crippen molar-refractivity contribution in [1.82, 2.24) is 29.7 Å². The molecule has 0 radical (unpaired) electrons. The molecule has 28 heavy (non-hydrogen) atoms. The number of fused-ring (bicyclic) bond motifs is 1. The SMILES string of the molecule is N#Cc1cc(NC(=O)CSc2ncnc3nc[nH]c23)n(C2=CC=CCI=C2)n1. The number of aromatic amines is 1. The number of hydrogen-bond acceptors (Lipinski definition) is 7. The van der Waals surface area contributed by atoms with Crippen molar-refractivity contribution in [1.29, 1.82) is 5.26 Å². The van der Waals surface area contributed by atoms with Gasteiger partial charge in [-0.05, 0) is 10.1 Å². The minimum Gasteiger partial charge on any atom is -0.341 e. The van der Waals surface area contributed by atoms with Gasteiger partial charge in [-0.2, -0.15) is 10.4 Å². The summed E-state index contributed by atoms with van der Waals surface area (Å²) in [5.74, 6) is 0.396. The Morgan fingerprint density at radius 1 is 1.43 bits per heavy atom. The number of hydrogen-bond donors (Lipinski definition) is 2. The summed E-state index contributed by atoms with van der Waals surface area (Å²) in [6, 6.07) is 3.60. The highest BCUT2D eigenvalue weighted by molar-refractivity contribution is 14.2. The number of amides is 1. The van der Waals surface area contributed by atoms with Gasteiger partial charge in [0.25, 0.3) is 0 Å². The number of allylic oxidation sites excluding steroid dienone is 4. The smallest absolute Gasteiger partial charge is 0.235 e.